The summed E-state index contributed by atoms with van der Waals surface area (Å²) in [5.74, 6) is -0.350. The van der Waals surface area contributed by atoms with Crippen LogP contribution in [-0.2, 0) is 4.79 Å². The van der Waals surface area contributed by atoms with Gasteiger partial charge in [0.25, 0.3) is 0 Å². The second-order valence-corrected chi connectivity index (χ2v) is 2.71. The Labute approximate surface area is 87.7 Å². The Kier molecular flexibility index (Phi) is 3.74. The average molecular weight is 208 g/mol. The maximum Gasteiger partial charge on any atom is 0.371 e. The van der Waals surface area contributed by atoms with Gasteiger partial charge in [-0.2, -0.15) is 0 Å². The number of carboxylic acid groups (broad SMARTS) is 1. The average Bonchev–Trinajstić information content (AvgIpc) is 2.25. The first-order valence-electron chi connectivity index (χ1n) is 4.39. The molecule has 0 aliphatic carbocycles. The molecule has 0 unspecified atom stereocenters. The number of carboxylic acids is 1. The van der Waals surface area contributed by atoms with Gasteiger partial charge >= 0.3 is 5.97 Å². The van der Waals surface area contributed by atoms with E-state index in [1.807, 2.05) is 0 Å². The standard InChI is InChI=1S/C11H12O4/c1-3-8(11(12)13)15-10-7-5-4-6-9(10)14-2/h3-7H,1-2H3,(H,12,13)/b8-3-. The quantitative estimate of drug-likeness (QED) is 0.607. The number of benzene rings is 1. The van der Waals surface area contributed by atoms with Crippen LogP contribution in [0.25, 0.3) is 0 Å². The van der Waals surface area contributed by atoms with Crippen LogP contribution in [0.1, 0.15) is 6.92 Å². The zero-order chi connectivity index (χ0) is 11.3. The topological polar surface area (TPSA) is 55.8 Å². The van der Waals surface area contributed by atoms with Gasteiger partial charge in [0.1, 0.15) is 0 Å². The van der Waals surface area contributed by atoms with Gasteiger partial charge in [0.15, 0.2) is 11.5 Å². The molecule has 0 saturated carbocycles. The summed E-state index contributed by atoms with van der Waals surface area (Å²) in [5.41, 5.74) is 0. The van der Waals surface area contributed by atoms with Gasteiger partial charge in [-0.3, -0.25) is 0 Å². The van der Waals surface area contributed by atoms with Crippen molar-refractivity contribution in [1.82, 2.24) is 0 Å². The highest BCUT2D eigenvalue weighted by Gasteiger charge is 2.11. The Balaban J connectivity index is 2.93. The van der Waals surface area contributed by atoms with Gasteiger partial charge in [-0.05, 0) is 25.1 Å². The van der Waals surface area contributed by atoms with Crippen molar-refractivity contribution >= 4 is 5.97 Å². The van der Waals surface area contributed by atoms with Crippen LogP contribution < -0.4 is 9.47 Å². The minimum atomic E-state index is -1.11. The summed E-state index contributed by atoms with van der Waals surface area (Å²) >= 11 is 0. The van der Waals surface area contributed by atoms with E-state index in [1.165, 1.54) is 13.2 Å². The predicted molar refractivity (Wildman–Crippen MR) is 55.0 cm³/mol. The zero-order valence-corrected chi connectivity index (χ0v) is 8.56. The van der Waals surface area contributed by atoms with E-state index in [9.17, 15) is 4.79 Å². The Morgan fingerprint density at radius 1 is 1.33 bits per heavy atom. The number of para-hydroxylation sites is 2. The molecule has 0 aliphatic heterocycles. The summed E-state index contributed by atoms with van der Waals surface area (Å²) in [6, 6.07) is 6.87. The van der Waals surface area contributed by atoms with E-state index in [1.54, 1.807) is 31.2 Å². The molecule has 0 saturated heterocycles. The lowest BCUT2D eigenvalue weighted by Gasteiger charge is -2.09. The summed E-state index contributed by atoms with van der Waals surface area (Å²) in [4.78, 5) is 10.7. The van der Waals surface area contributed by atoms with E-state index in [-0.39, 0.29) is 5.76 Å². The molecule has 1 aromatic rings. The van der Waals surface area contributed by atoms with E-state index in [0.29, 0.717) is 11.5 Å². The highest BCUT2D eigenvalue weighted by Crippen LogP contribution is 2.27. The first kappa shape index (κ1) is 11.1. The molecule has 0 atom stereocenters. The van der Waals surface area contributed by atoms with Crippen LogP contribution >= 0.6 is 0 Å². The maximum atomic E-state index is 10.7. The van der Waals surface area contributed by atoms with Gasteiger partial charge < -0.3 is 14.6 Å². The minimum absolute atomic E-state index is 0.125. The molecule has 1 N–H and O–H groups in total. The summed E-state index contributed by atoms with van der Waals surface area (Å²) in [5, 5.41) is 8.76. The van der Waals surface area contributed by atoms with E-state index >= 15 is 0 Å². The van der Waals surface area contributed by atoms with Gasteiger partial charge in [0.05, 0.1) is 7.11 Å². The first-order chi connectivity index (χ1) is 7.19. The van der Waals surface area contributed by atoms with Crippen molar-refractivity contribution in [3.8, 4) is 11.5 Å². The number of carbonyl (C=O) groups is 1. The second kappa shape index (κ2) is 5.05. The minimum Gasteiger partial charge on any atom is -0.493 e. The molecule has 0 aromatic heterocycles. The SMILES string of the molecule is C/C=C(\Oc1ccccc1OC)C(=O)O. The fraction of sp³-hybridized carbons (Fsp3) is 0.182. The molecule has 0 amide bonds. The largest absolute Gasteiger partial charge is 0.493 e. The molecular formula is C11H12O4. The van der Waals surface area contributed by atoms with Gasteiger partial charge in [0.2, 0.25) is 5.76 Å². The third-order valence-corrected chi connectivity index (χ3v) is 1.76. The molecule has 4 heteroatoms. The molecular weight excluding hydrogens is 196 g/mol. The van der Waals surface area contributed by atoms with E-state index in [0.717, 1.165) is 0 Å². The van der Waals surface area contributed by atoms with Crippen molar-refractivity contribution in [2.45, 2.75) is 6.92 Å². The number of methoxy groups -OCH3 is 1. The molecule has 80 valence electrons. The number of hydrogen-bond donors (Lipinski definition) is 1. The smallest absolute Gasteiger partial charge is 0.371 e. The van der Waals surface area contributed by atoms with Crippen molar-refractivity contribution in [2.75, 3.05) is 7.11 Å². The lowest BCUT2D eigenvalue weighted by Crippen LogP contribution is -2.07. The Morgan fingerprint density at radius 3 is 2.40 bits per heavy atom. The molecule has 0 bridgehead atoms. The normalized spacial score (nSPS) is 10.9. The number of allylic oxidation sites excluding steroid dienone is 1. The van der Waals surface area contributed by atoms with Crippen LogP contribution in [0.3, 0.4) is 0 Å². The molecule has 15 heavy (non-hydrogen) atoms. The summed E-state index contributed by atoms with van der Waals surface area (Å²) < 4.78 is 10.2. The molecule has 1 rings (SSSR count). The molecule has 0 fully saturated rings. The summed E-state index contributed by atoms with van der Waals surface area (Å²) in [6.07, 6.45) is 1.38. The number of rotatable bonds is 4. The highest BCUT2D eigenvalue weighted by molar-refractivity contribution is 5.84. The van der Waals surface area contributed by atoms with Crippen LogP contribution in [0.5, 0.6) is 11.5 Å². The third-order valence-electron chi connectivity index (χ3n) is 1.76. The van der Waals surface area contributed by atoms with E-state index in [2.05, 4.69) is 0 Å². The van der Waals surface area contributed by atoms with Crippen molar-refractivity contribution in [1.29, 1.82) is 0 Å². The van der Waals surface area contributed by atoms with Crippen LogP contribution in [0, 0.1) is 0 Å². The lowest BCUT2D eigenvalue weighted by molar-refractivity contribution is -0.135. The number of aliphatic carboxylic acids is 1. The fourth-order valence-electron chi connectivity index (χ4n) is 1.05. The van der Waals surface area contributed by atoms with E-state index in [4.69, 9.17) is 14.6 Å². The van der Waals surface area contributed by atoms with Crippen LogP contribution in [-0.4, -0.2) is 18.2 Å². The maximum absolute atomic E-state index is 10.7. The highest BCUT2D eigenvalue weighted by atomic mass is 16.5. The molecule has 4 nitrogen and oxygen atoms in total. The van der Waals surface area contributed by atoms with Crippen molar-refractivity contribution < 1.29 is 19.4 Å². The Bertz CT molecular complexity index is 382. The van der Waals surface area contributed by atoms with Gasteiger partial charge in [0, 0.05) is 0 Å². The van der Waals surface area contributed by atoms with E-state index < -0.39 is 5.97 Å². The molecule has 1 aromatic carbocycles. The van der Waals surface area contributed by atoms with Gasteiger partial charge in [-0.1, -0.05) is 12.1 Å². The summed E-state index contributed by atoms with van der Waals surface area (Å²) in [7, 11) is 1.50. The van der Waals surface area contributed by atoms with Crippen molar-refractivity contribution in [2.24, 2.45) is 0 Å². The first-order valence-corrected chi connectivity index (χ1v) is 4.39. The third kappa shape index (κ3) is 2.74. The van der Waals surface area contributed by atoms with Crippen LogP contribution in [0.4, 0.5) is 0 Å². The van der Waals surface area contributed by atoms with Crippen molar-refractivity contribution in [3.63, 3.8) is 0 Å². The number of ether oxygens (including phenoxy) is 2. The monoisotopic (exact) mass is 208 g/mol. The molecule has 0 radical (unpaired) electrons. The summed E-state index contributed by atoms with van der Waals surface area (Å²) in [6.45, 7) is 1.60. The Morgan fingerprint density at radius 2 is 1.93 bits per heavy atom. The van der Waals surface area contributed by atoms with Crippen LogP contribution in [0.15, 0.2) is 36.1 Å². The number of hydrogen-bond acceptors (Lipinski definition) is 3. The van der Waals surface area contributed by atoms with Gasteiger partial charge in [-0.15, -0.1) is 0 Å². The Hall–Kier alpha value is -1.97. The zero-order valence-electron chi connectivity index (χ0n) is 8.56. The molecule has 0 aliphatic rings. The predicted octanol–water partition coefficient (Wildman–Crippen LogP) is 2.06. The fourth-order valence-corrected chi connectivity index (χ4v) is 1.05. The molecule has 0 spiro atoms. The van der Waals surface area contributed by atoms with Crippen LogP contribution in [0.2, 0.25) is 0 Å². The second-order valence-electron chi connectivity index (χ2n) is 2.71. The van der Waals surface area contributed by atoms with Crippen molar-refractivity contribution in [3.05, 3.63) is 36.1 Å². The van der Waals surface area contributed by atoms with Gasteiger partial charge in [-0.25, -0.2) is 4.79 Å². The lowest BCUT2D eigenvalue weighted by atomic mass is 10.3. The molecule has 0 heterocycles.